The Morgan fingerprint density at radius 2 is 2.05 bits per heavy atom. The third-order valence-corrected chi connectivity index (χ3v) is 3.28. The number of nitrogens with one attached hydrogen (secondary N) is 2. The first-order valence-corrected chi connectivity index (χ1v) is 7.20. The molecule has 7 heteroatoms. The summed E-state index contributed by atoms with van der Waals surface area (Å²) in [5.41, 5.74) is 3.75. The highest BCUT2D eigenvalue weighted by atomic mass is 79.9. The number of halogens is 1. The minimum Gasteiger partial charge on any atom is -0.308 e. The van der Waals surface area contributed by atoms with Crippen molar-refractivity contribution in [1.29, 1.82) is 0 Å². The molecule has 0 aromatic carbocycles. The number of amides is 1. The number of hydrazine groups is 1. The van der Waals surface area contributed by atoms with Gasteiger partial charge >= 0.3 is 0 Å². The number of aromatic nitrogens is 2. The Bertz CT molecular complexity index is 642. The van der Waals surface area contributed by atoms with E-state index in [2.05, 4.69) is 36.6 Å². The van der Waals surface area contributed by atoms with E-state index in [1.165, 1.54) is 0 Å². The van der Waals surface area contributed by atoms with Crippen molar-refractivity contribution in [3.8, 4) is 0 Å². The van der Waals surface area contributed by atoms with Gasteiger partial charge in [-0.05, 0) is 46.1 Å². The van der Waals surface area contributed by atoms with Crippen LogP contribution in [0.4, 0.5) is 11.6 Å². The number of nitrogen functional groups attached to an aromatic ring is 1. The zero-order valence-electron chi connectivity index (χ0n) is 11.7. The Morgan fingerprint density at radius 3 is 2.62 bits per heavy atom. The molecule has 0 aliphatic heterocycles. The Balaban J connectivity index is 2.25. The summed E-state index contributed by atoms with van der Waals surface area (Å²) in [6.45, 7) is 4.00. The molecule has 0 bridgehead atoms. The van der Waals surface area contributed by atoms with Gasteiger partial charge in [-0.2, -0.15) is 0 Å². The minimum atomic E-state index is -0.259. The molecule has 1 amide bonds. The molecule has 0 aliphatic rings. The second-order valence-corrected chi connectivity index (χ2v) is 5.70. The van der Waals surface area contributed by atoms with Crippen molar-refractivity contribution >= 4 is 33.5 Å². The lowest BCUT2D eigenvalue weighted by Crippen LogP contribution is -2.16. The molecule has 0 atom stereocenters. The van der Waals surface area contributed by atoms with Crippen molar-refractivity contribution in [3.05, 3.63) is 46.2 Å². The number of pyridine rings is 2. The number of hydrogen-bond acceptors (Lipinski definition) is 5. The number of nitrogens with zero attached hydrogens (tertiary/aromatic N) is 2. The van der Waals surface area contributed by atoms with Gasteiger partial charge in [-0.1, -0.05) is 13.8 Å². The molecule has 6 nitrogen and oxygen atoms in total. The summed E-state index contributed by atoms with van der Waals surface area (Å²) in [5, 5.41) is 2.74. The number of hydrogen-bond donors (Lipinski definition) is 3. The Hall–Kier alpha value is -1.99. The molecule has 2 aromatic heterocycles. The summed E-state index contributed by atoms with van der Waals surface area (Å²) in [4.78, 5) is 20.7. The highest BCUT2D eigenvalue weighted by Crippen LogP contribution is 2.18. The first-order chi connectivity index (χ1) is 9.99. The van der Waals surface area contributed by atoms with Crippen LogP contribution in [0.2, 0.25) is 0 Å². The molecule has 0 saturated carbocycles. The van der Waals surface area contributed by atoms with E-state index in [1.807, 2.05) is 19.9 Å². The van der Waals surface area contributed by atoms with Crippen molar-refractivity contribution in [2.45, 2.75) is 19.8 Å². The largest absolute Gasteiger partial charge is 0.308 e. The number of carbonyl (C=O) groups is 1. The monoisotopic (exact) mass is 349 g/mol. The second-order valence-electron chi connectivity index (χ2n) is 4.78. The van der Waals surface area contributed by atoms with Crippen LogP contribution in [-0.2, 0) is 0 Å². The van der Waals surface area contributed by atoms with Crippen molar-refractivity contribution in [2.24, 2.45) is 5.84 Å². The van der Waals surface area contributed by atoms with Gasteiger partial charge in [0, 0.05) is 21.9 Å². The van der Waals surface area contributed by atoms with Gasteiger partial charge in [0.15, 0.2) is 0 Å². The van der Waals surface area contributed by atoms with Crippen LogP contribution in [0.15, 0.2) is 34.9 Å². The molecule has 0 radical (unpaired) electrons. The highest BCUT2D eigenvalue weighted by molar-refractivity contribution is 9.10. The summed E-state index contributed by atoms with van der Waals surface area (Å²) in [6.07, 6.45) is 1.62. The van der Waals surface area contributed by atoms with E-state index in [0.717, 1.165) is 10.2 Å². The van der Waals surface area contributed by atoms with Crippen LogP contribution >= 0.6 is 15.9 Å². The lowest BCUT2D eigenvalue weighted by molar-refractivity contribution is 0.102. The highest BCUT2D eigenvalue weighted by Gasteiger charge is 2.12. The number of anilines is 2. The summed E-state index contributed by atoms with van der Waals surface area (Å²) in [6, 6.07) is 6.87. The number of rotatable bonds is 4. The van der Waals surface area contributed by atoms with E-state index in [1.54, 1.807) is 24.4 Å². The van der Waals surface area contributed by atoms with Crippen LogP contribution in [0.25, 0.3) is 0 Å². The molecule has 21 heavy (non-hydrogen) atoms. The fourth-order valence-electron chi connectivity index (χ4n) is 1.69. The maximum Gasteiger partial charge on any atom is 0.257 e. The molecule has 110 valence electrons. The summed E-state index contributed by atoms with van der Waals surface area (Å²) in [7, 11) is 0. The summed E-state index contributed by atoms with van der Waals surface area (Å²) < 4.78 is 0.848. The van der Waals surface area contributed by atoms with E-state index in [-0.39, 0.29) is 11.8 Å². The molecule has 0 unspecified atom stereocenters. The van der Waals surface area contributed by atoms with Crippen molar-refractivity contribution in [3.63, 3.8) is 0 Å². The van der Waals surface area contributed by atoms with E-state index >= 15 is 0 Å². The Morgan fingerprint density at radius 1 is 1.29 bits per heavy atom. The fourth-order valence-corrected chi connectivity index (χ4v) is 1.93. The van der Waals surface area contributed by atoms with Gasteiger partial charge in [-0.25, -0.2) is 15.8 Å². The van der Waals surface area contributed by atoms with Crippen LogP contribution in [0.5, 0.6) is 0 Å². The van der Waals surface area contributed by atoms with Crippen LogP contribution in [0.1, 0.15) is 35.8 Å². The van der Waals surface area contributed by atoms with Crippen molar-refractivity contribution in [2.75, 3.05) is 10.7 Å². The molecule has 0 spiro atoms. The maximum absolute atomic E-state index is 12.3. The number of carbonyl (C=O) groups excluding carboxylic acids is 1. The van der Waals surface area contributed by atoms with Crippen LogP contribution < -0.4 is 16.6 Å². The molecule has 0 fully saturated rings. The van der Waals surface area contributed by atoms with Crippen LogP contribution in [0.3, 0.4) is 0 Å². The minimum absolute atomic E-state index is 0.190. The molecule has 0 saturated heterocycles. The Kier molecular flexibility index (Phi) is 4.87. The van der Waals surface area contributed by atoms with Gasteiger partial charge in [0.25, 0.3) is 5.91 Å². The molecule has 4 N–H and O–H groups in total. The lowest BCUT2D eigenvalue weighted by atomic mass is 10.1. The molecule has 2 heterocycles. The van der Waals surface area contributed by atoms with Crippen molar-refractivity contribution < 1.29 is 4.79 Å². The third kappa shape index (κ3) is 3.99. The smallest absolute Gasteiger partial charge is 0.257 e. The van der Waals surface area contributed by atoms with Gasteiger partial charge in [0.1, 0.15) is 11.6 Å². The maximum atomic E-state index is 12.3. The third-order valence-electron chi connectivity index (χ3n) is 2.82. The molecular formula is C14H16BrN5O. The quantitative estimate of drug-likeness (QED) is 0.582. The second kappa shape index (κ2) is 6.64. The van der Waals surface area contributed by atoms with Gasteiger partial charge in [0.05, 0.1) is 0 Å². The first kappa shape index (κ1) is 15.4. The van der Waals surface area contributed by atoms with Gasteiger partial charge < -0.3 is 10.7 Å². The zero-order valence-corrected chi connectivity index (χ0v) is 13.3. The van der Waals surface area contributed by atoms with E-state index < -0.39 is 0 Å². The predicted octanol–water partition coefficient (Wildman–Crippen LogP) is 2.90. The summed E-state index contributed by atoms with van der Waals surface area (Å²) in [5.74, 6) is 6.26. The lowest BCUT2D eigenvalue weighted by Gasteiger charge is -2.11. The summed E-state index contributed by atoms with van der Waals surface area (Å²) >= 11 is 3.30. The standard InChI is InChI=1S/C14H16BrN5O/c1-8(2)11-5-9(6-13(18-11)20-16)14(21)19-12-4-3-10(15)7-17-12/h3-8H,16H2,1-2H3,(H,18,20)(H,17,19,21). The molecule has 0 aliphatic carbocycles. The first-order valence-electron chi connectivity index (χ1n) is 6.41. The van der Waals surface area contributed by atoms with Gasteiger partial charge in [-0.3, -0.25) is 4.79 Å². The van der Waals surface area contributed by atoms with E-state index in [4.69, 9.17) is 5.84 Å². The topological polar surface area (TPSA) is 92.9 Å². The zero-order chi connectivity index (χ0) is 15.4. The van der Waals surface area contributed by atoms with Crippen molar-refractivity contribution in [1.82, 2.24) is 9.97 Å². The predicted molar refractivity (Wildman–Crippen MR) is 86.0 cm³/mol. The Labute approximate surface area is 131 Å². The van der Waals surface area contributed by atoms with Crippen LogP contribution in [0, 0.1) is 0 Å². The van der Waals surface area contributed by atoms with E-state index in [0.29, 0.717) is 17.2 Å². The normalized spacial score (nSPS) is 10.5. The van der Waals surface area contributed by atoms with Gasteiger partial charge in [0.2, 0.25) is 0 Å². The average molecular weight is 350 g/mol. The average Bonchev–Trinajstić information content (AvgIpc) is 2.49. The molecular weight excluding hydrogens is 334 g/mol. The van der Waals surface area contributed by atoms with E-state index in [9.17, 15) is 4.79 Å². The van der Waals surface area contributed by atoms with Crippen LogP contribution in [-0.4, -0.2) is 15.9 Å². The molecule has 2 aromatic rings. The SMILES string of the molecule is CC(C)c1cc(C(=O)Nc2ccc(Br)cn2)cc(NN)n1. The fraction of sp³-hybridized carbons (Fsp3) is 0.214. The van der Waals surface area contributed by atoms with Gasteiger partial charge in [-0.15, -0.1) is 0 Å². The number of nitrogens with two attached hydrogens (primary N) is 1. The molecule has 2 rings (SSSR count).